The minimum absolute atomic E-state index is 0.325. The maximum atomic E-state index is 10.5. The molecule has 14 heavy (non-hydrogen) atoms. The first-order valence-electron chi connectivity index (χ1n) is 4.56. The number of aryl methyl sites for hydroxylation is 1. The van der Waals surface area contributed by atoms with Crippen molar-refractivity contribution in [1.29, 1.82) is 0 Å². The Morgan fingerprint density at radius 2 is 2.36 bits per heavy atom. The predicted octanol–water partition coefficient (Wildman–Crippen LogP) is 1.87. The minimum Gasteiger partial charge on any atom is -0.481 e. The lowest BCUT2D eigenvalue weighted by molar-refractivity contribution is -0.140. The van der Waals surface area contributed by atoms with Gasteiger partial charge in [-0.25, -0.2) is 0 Å². The molecule has 0 amide bonds. The van der Waals surface area contributed by atoms with E-state index in [1.54, 1.807) is 18.3 Å². The number of carbonyl (C=O) groups is 1. The lowest BCUT2D eigenvalue weighted by Crippen LogP contribution is -2.25. The van der Waals surface area contributed by atoms with Crippen LogP contribution in [-0.4, -0.2) is 17.6 Å². The van der Waals surface area contributed by atoms with Crippen LogP contribution >= 0.6 is 11.3 Å². The van der Waals surface area contributed by atoms with Gasteiger partial charge in [-0.15, -0.1) is 0 Å². The Morgan fingerprint density at radius 3 is 2.86 bits per heavy atom. The minimum atomic E-state index is -0.750. The number of aliphatic carboxylic acids is 1. The van der Waals surface area contributed by atoms with Gasteiger partial charge in [-0.2, -0.15) is 11.3 Å². The number of carboxylic acid groups (broad SMARTS) is 1. The van der Waals surface area contributed by atoms with E-state index in [2.05, 4.69) is 23.0 Å². The molecule has 2 N–H and O–H groups in total. The zero-order valence-corrected chi connectivity index (χ0v) is 9.23. The zero-order chi connectivity index (χ0) is 10.6. The maximum Gasteiger partial charge on any atom is 0.307 e. The third kappa shape index (κ3) is 3.12. The van der Waals surface area contributed by atoms with E-state index >= 15 is 0 Å². The highest BCUT2D eigenvalue weighted by molar-refractivity contribution is 7.08. The molecule has 0 aromatic carbocycles. The van der Waals surface area contributed by atoms with Gasteiger partial charge in [0.05, 0.1) is 5.92 Å². The normalized spacial score (nSPS) is 12.7. The second kappa shape index (κ2) is 5.12. The molecule has 0 aliphatic rings. The van der Waals surface area contributed by atoms with Crippen molar-refractivity contribution in [3.8, 4) is 0 Å². The molecule has 0 saturated heterocycles. The summed E-state index contributed by atoms with van der Waals surface area (Å²) in [5.41, 5.74) is 2.53. The van der Waals surface area contributed by atoms with Gasteiger partial charge in [-0.3, -0.25) is 4.79 Å². The molecule has 1 aromatic rings. The summed E-state index contributed by atoms with van der Waals surface area (Å²) in [6.45, 7) is 5.04. The summed E-state index contributed by atoms with van der Waals surface area (Å²) in [7, 11) is 0. The van der Waals surface area contributed by atoms with Gasteiger partial charge in [-0.05, 0) is 28.8 Å². The van der Waals surface area contributed by atoms with Gasteiger partial charge < -0.3 is 10.4 Å². The van der Waals surface area contributed by atoms with Gasteiger partial charge in [-0.1, -0.05) is 6.92 Å². The Kier molecular flexibility index (Phi) is 4.10. The summed E-state index contributed by atoms with van der Waals surface area (Å²) in [6, 6.07) is 0. The third-order valence-electron chi connectivity index (χ3n) is 2.15. The average molecular weight is 213 g/mol. The fourth-order valence-corrected chi connectivity index (χ4v) is 1.94. The van der Waals surface area contributed by atoms with Crippen LogP contribution in [0.2, 0.25) is 0 Å². The van der Waals surface area contributed by atoms with Gasteiger partial charge in [0.25, 0.3) is 0 Å². The van der Waals surface area contributed by atoms with Crippen LogP contribution in [0.25, 0.3) is 0 Å². The topological polar surface area (TPSA) is 49.3 Å². The van der Waals surface area contributed by atoms with Crippen LogP contribution in [0.5, 0.6) is 0 Å². The van der Waals surface area contributed by atoms with Crippen molar-refractivity contribution in [2.24, 2.45) is 5.92 Å². The summed E-state index contributed by atoms with van der Waals surface area (Å²) in [6.07, 6.45) is 0. The first kappa shape index (κ1) is 11.2. The van der Waals surface area contributed by atoms with E-state index in [0.29, 0.717) is 6.54 Å². The Hall–Kier alpha value is -0.870. The predicted molar refractivity (Wildman–Crippen MR) is 57.6 cm³/mol. The summed E-state index contributed by atoms with van der Waals surface area (Å²) < 4.78 is 0. The van der Waals surface area contributed by atoms with E-state index in [1.165, 1.54) is 11.1 Å². The fraction of sp³-hybridized carbons (Fsp3) is 0.500. The number of hydrogen-bond acceptors (Lipinski definition) is 3. The van der Waals surface area contributed by atoms with Gasteiger partial charge in [0.1, 0.15) is 0 Å². The highest BCUT2D eigenvalue weighted by Crippen LogP contribution is 2.12. The second-order valence-corrected chi connectivity index (χ2v) is 4.19. The van der Waals surface area contributed by atoms with E-state index in [4.69, 9.17) is 5.11 Å². The Balaban J connectivity index is 2.29. The standard InChI is InChI=1S/C10H15NO2S/c1-7(10(12)13)3-11-4-9-6-14-5-8(9)2/h5-7,11H,3-4H2,1-2H3,(H,12,13). The first-order valence-corrected chi connectivity index (χ1v) is 5.50. The summed E-state index contributed by atoms with van der Waals surface area (Å²) in [4.78, 5) is 10.5. The van der Waals surface area contributed by atoms with Crippen LogP contribution in [0.4, 0.5) is 0 Å². The van der Waals surface area contributed by atoms with E-state index in [-0.39, 0.29) is 5.92 Å². The zero-order valence-electron chi connectivity index (χ0n) is 8.41. The van der Waals surface area contributed by atoms with Crippen molar-refractivity contribution in [1.82, 2.24) is 5.32 Å². The summed E-state index contributed by atoms with van der Waals surface area (Å²) >= 11 is 1.68. The molecule has 0 radical (unpaired) electrons. The second-order valence-electron chi connectivity index (χ2n) is 3.45. The third-order valence-corrected chi connectivity index (χ3v) is 3.06. The highest BCUT2D eigenvalue weighted by atomic mass is 32.1. The number of carboxylic acids is 1. The number of nitrogens with one attached hydrogen (secondary N) is 1. The summed E-state index contributed by atoms with van der Waals surface area (Å²) in [5.74, 6) is -1.08. The molecule has 1 rings (SSSR count). The molecule has 1 heterocycles. The van der Waals surface area contributed by atoms with Crippen LogP contribution in [0.3, 0.4) is 0 Å². The van der Waals surface area contributed by atoms with Crippen LogP contribution in [0.15, 0.2) is 10.8 Å². The van der Waals surface area contributed by atoms with Crippen molar-refractivity contribution in [2.75, 3.05) is 6.54 Å². The van der Waals surface area contributed by atoms with Crippen molar-refractivity contribution in [2.45, 2.75) is 20.4 Å². The molecular weight excluding hydrogens is 198 g/mol. The molecule has 0 aliphatic carbocycles. The Labute approximate surface area is 87.8 Å². The van der Waals surface area contributed by atoms with Gasteiger partial charge >= 0.3 is 5.97 Å². The van der Waals surface area contributed by atoms with Crippen molar-refractivity contribution in [3.05, 3.63) is 21.9 Å². The molecule has 0 spiro atoms. The molecule has 1 atom stereocenters. The smallest absolute Gasteiger partial charge is 0.307 e. The van der Waals surface area contributed by atoms with Crippen molar-refractivity contribution < 1.29 is 9.90 Å². The van der Waals surface area contributed by atoms with Crippen LogP contribution in [-0.2, 0) is 11.3 Å². The van der Waals surface area contributed by atoms with E-state index in [9.17, 15) is 4.79 Å². The Bertz CT molecular complexity index is 309. The lowest BCUT2D eigenvalue weighted by atomic mass is 10.1. The monoisotopic (exact) mass is 213 g/mol. The van der Waals surface area contributed by atoms with E-state index < -0.39 is 5.97 Å². The average Bonchev–Trinajstić information content (AvgIpc) is 2.51. The molecule has 0 aliphatic heterocycles. The number of thiophene rings is 1. The lowest BCUT2D eigenvalue weighted by Gasteiger charge is -2.07. The maximum absolute atomic E-state index is 10.5. The SMILES string of the molecule is Cc1cscc1CNCC(C)C(=O)O. The first-order chi connectivity index (χ1) is 6.61. The molecular formula is C10H15NO2S. The summed E-state index contributed by atoms with van der Waals surface area (Å²) in [5, 5.41) is 16.0. The van der Waals surface area contributed by atoms with Gasteiger partial charge in [0.15, 0.2) is 0 Å². The molecule has 4 heteroatoms. The van der Waals surface area contributed by atoms with Crippen LogP contribution in [0.1, 0.15) is 18.1 Å². The fourth-order valence-electron chi connectivity index (χ4n) is 1.08. The molecule has 1 unspecified atom stereocenters. The van der Waals surface area contributed by atoms with Crippen molar-refractivity contribution in [3.63, 3.8) is 0 Å². The van der Waals surface area contributed by atoms with Gasteiger partial charge in [0.2, 0.25) is 0 Å². The molecule has 78 valence electrons. The largest absolute Gasteiger partial charge is 0.481 e. The van der Waals surface area contributed by atoms with Gasteiger partial charge in [0, 0.05) is 13.1 Å². The molecule has 1 aromatic heterocycles. The van der Waals surface area contributed by atoms with E-state index in [0.717, 1.165) is 6.54 Å². The Morgan fingerprint density at radius 1 is 1.64 bits per heavy atom. The number of hydrogen-bond donors (Lipinski definition) is 2. The van der Waals surface area contributed by atoms with Crippen LogP contribution in [0, 0.1) is 12.8 Å². The molecule has 3 nitrogen and oxygen atoms in total. The van der Waals surface area contributed by atoms with E-state index in [1.807, 2.05) is 0 Å². The van der Waals surface area contributed by atoms with Crippen LogP contribution < -0.4 is 5.32 Å². The molecule has 0 bridgehead atoms. The molecule has 0 fully saturated rings. The molecule has 0 saturated carbocycles. The quantitative estimate of drug-likeness (QED) is 0.785. The van der Waals surface area contributed by atoms with Crippen molar-refractivity contribution >= 4 is 17.3 Å². The highest BCUT2D eigenvalue weighted by Gasteiger charge is 2.09. The number of rotatable bonds is 5.